The molecule has 1 saturated heterocycles. The van der Waals surface area contributed by atoms with Crippen molar-refractivity contribution in [2.24, 2.45) is 0 Å². The Bertz CT molecular complexity index is 949. The van der Waals surface area contributed by atoms with Gasteiger partial charge in [-0.3, -0.25) is 14.3 Å². The first-order valence-electron chi connectivity index (χ1n) is 11.0. The van der Waals surface area contributed by atoms with Crippen molar-refractivity contribution in [3.05, 3.63) is 46.8 Å². The second-order valence-corrected chi connectivity index (χ2v) is 7.97. The Balaban J connectivity index is 1.44. The van der Waals surface area contributed by atoms with Gasteiger partial charge in [0.1, 0.15) is 12.4 Å². The Kier molecular flexibility index (Phi) is 6.56. The Morgan fingerprint density at radius 3 is 2.61 bits per heavy atom. The number of aryl methyl sites for hydroxylation is 2. The SMILES string of the molecule is CCn1ncc(C(=O)N2CCOc3ccc(CCC(=O)N4CCOCC4)cc3C2)c1C. The molecule has 1 aromatic heterocycles. The topological polar surface area (TPSA) is 76.9 Å². The molecule has 2 aliphatic rings. The third-order valence-corrected chi connectivity index (χ3v) is 6.02. The molecule has 2 aromatic rings. The van der Waals surface area contributed by atoms with E-state index in [1.807, 2.05) is 40.5 Å². The second-order valence-electron chi connectivity index (χ2n) is 7.97. The summed E-state index contributed by atoms with van der Waals surface area (Å²) in [6.45, 7) is 8.69. The van der Waals surface area contributed by atoms with E-state index < -0.39 is 0 Å². The third-order valence-electron chi connectivity index (χ3n) is 6.02. The van der Waals surface area contributed by atoms with Gasteiger partial charge in [0.2, 0.25) is 5.91 Å². The molecule has 1 aromatic carbocycles. The van der Waals surface area contributed by atoms with Crippen molar-refractivity contribution >= 4 is 11.8 Å². The molecule has 3 heterocycles. The lowest BCUT2D eigenvalue weighted by Gasteiger charge is -2.26. The van der Waals surface area contributed by atoms with Gasteiger partial charge in [0.05, 0.1) is 31.5 Å². The summed E-state index contributed by atoms with van der Waals surface area (Å²) >= 11 is 0. The normalized spacial score (nSPS) is 16.5. The average molecular weight is 427 g/mol. The molecule has 0 radical (unpaired) electrons. The number of carbonyl (C=O) groups is 2. The maximum atomic E-state index is 13.1. The zero-order valence-corrected chi connectivity index (χ0v) is 18.3. The van der Waals surface area contributed by atoms with E-state index in [-0.39, 0.29) is 11.8 Å². The van der Waals surface area contributed by atoms with E-state index in [0.29, 0.717) is 64.4 Å². The summed E-state index contributed by atoms with van der Waals surface area (Å²) < 4.78 is 13.0. The highest BCUT2D eigenvalue weighted by Gasteiger charge is 2.24. The lowest BCUT2D eigenvalue weighted by Crippen LogP contribution is -2.40. The zero-order chi connectivity index (χ0) is 21.8. The summed E-state index contributed by atoms with van der Waals surface area (Å²) in [4.78, 5) is 29.3. The number of rotatable bonds is 5. The van der Waals surface area contributed by atoms with Gasteiger partial charge in [-0.15, -0.1) is 0 Å². The number of nitrogens with zero attached hydrogens (tertiary/aromatic N) is 4. The number of ether oxygens (including phenoxy) is 2. The van der Waals surface area contributed by atoms with Crippen LogP contribution < -0.4 is 4.74 Å². The van der Waals surface area contributed by atoms with Crippen molar-refractivity contribution in [2.75, 3.05) is 39.5 Å². The number of benzene rings is 1. The molecular formula is C23H30N4O4. The second kappa shape index (κ2) is 9.51. The number of amides is 2. The van der Waals surface area contributed by atoms with Crippen LogP contribution in [0.15, 0.2) is 24.4 Å². The van der Waals surface area contributed by atoms with Crippen molar-refractivity contribution < 1.29 is 19.1 Å². The van der Waals surface area contributed by atoms with Gasteiger partial charge in [-0.1, -0.05) is 12.1 Å². The van der Waals surface area contributed by atoms with Gasteiger partial charge >= 0.3 is 0 Å². The van der Waals surface area contributed by atoms with Crippen molar-refractivity contribution in [1.29, 1.82) is 0 Å². The van der Waals surface area contributed by atoms with Gasteiger partial charge in [0.25, 0.3) is 5.91 Å². The first-order valence-corrected chi connectivity index (χ1v) is 11.0. The summed E-state index contributed by atoms with van der Waals surface area (Å²) in [5.41, 5.74) is 3.57. The molecule has 166 valence electrons. The molecule has 0 saturated carbocycles. The average Bonchev–Trinajstić information content (AvgIpc) is 3.04. The van der Waals surface area contributed by atoms with E-state index >= 15 is 0 Å². The highest BCUT2D eigenvalue weighted by molar-refractivity contribution is 5.95. The molecule has 0 spiro atoms. The maximum absolute atomic E-state index is 13.1. The van der Waals surface area contributed by atoms with Gasteiger partial charge in [-0.25, -0.2) is 0 Å². The molecule has 0 atom stereocenters. The van der Waals surface area contributed by atoms with E-state index in [4.69, 9.17) is 9.47 Å². The minimum absolute atomic E-state index is 0.0263. The van der Waals surface area contributed by atoms with Crippen LogP contribution in [0.3, 0.4) is 0 Å². The number of aromatic nitrogens is 2. The molecule has 0 bridgehead atoms. The molecule has 8 nitrogen and oxygen atoms in total. The quantitative estimate of drug-likeness (QED) is 0.731. The molecule has 0 N–H and O–H groups in total. The summed E-state index contributed by atoms with van der Waals surface area (Å²) in [5.74, 6) is 0.941. The van der Waals surface area contributed by atoms with Crippen LogP contribution >= 0.6 is 0 Å². The summed E-state index contributed by atoms with van der Waals surface area (Å²) in [7, 11) is 0. The van der Waals surface area contributed by atoms with E-state index in [2.05, 4.69) is 11.2 Å². The fraction of sp³-hybridized carbons (Fsp3) is 0.522. The molecule has 0 unspecified atom stereocenters. The number of hydrogen-bond donors (Lipinski definition) is 0. The molecule has 4 rings (SSSR count). The van der Waals surface area contributed by atoms with Crippen LogP contribution in [0.25, 0.3) is 0 Å². The monoisotopic (exact) mass is 426 g/mol. The number of morpholine rings is 1. The highest BCUT2D eigenvalue weighted by Crippen LogP contribution is 2.26. The largest absolute Gasteiger partial charge is 0.491 e. The van der Waals surface area contributed by atoms with E-state index in [1.165, 1.54) is 0 Å². The van der Waals surface area contributed by atoms with Gasteiger partial charge in [0.15, 0.2) is 0 Å². The Labute approximate surface area is 182 Å². The molecule has 2 aliphatic heterocycles. The van der Waals surface area contributed by atoms with E-state index in [9.17, 15) is 9.59 Å². The van der Waals surface area contributed by atoms with Crippen LogP contribution in [-0.2, 0) is 29.0 Å². The van der Waals surface area contributed by atoms with Gasteiger partial charge in [-0.05, 0) is 31.9 Å². The van der Waals surface area contributed by atoms with Crippen molar-refractivity contribution in [3.63, 3.8) is 0 Å². The zero-order valence-electron chi connectivity index (χ0n) is 18.3. The summed E-state index contributed by atoms with van der Waals surface area (Å²) in [6.07, 6.45) is 2.79. The van der Waals surface area contributed by atoms with Gasteiger partial charge in [-0.2, -0.15) is 5.10 Å². The standard InChI is InChI=1S/C23H30N4O4/c1-3-27-17(2)20(15-24-27)23(29)26-10-13-31-21-6-4-18(14-19(21)16-26)5-7-22(28)25-8-11-30-12-9-25/h4,6,14-15H,3,5,7-13,16H2,1-2H3. The lowest BCUT2D eigenvalue weighted by molar-refractivity contribution is -0.135. The van der Waals surface area contributed by atoms with Crippen LogP contribution in [0.1, 0.15) is 40.5 Å². The molecule has 2 amide bonds. The fourth-order valence-corrected chi connectivity index (χ4v) is 4.14. The van der Waals surface area contributed by atoms with Gasteiger partial charge in [0, 0.05) is 43.9 Å². The van der Waals surface area contributed by atoms with Gasteiger partial charge < -0.3 is 19.3 Å². The molecule has 8 heteroatoms. The first kappa shape index (κ1) is 21.4. The van der Waals surface area contributed by atoms with E-state index in [0.717, 1.165) is 29.1 Å². The van der Waals surface area contributed by atoms with Crippen LogP contribution in [-0.4, -0.2) is 70.8 Å². The Morgan fingerprint density at radius 1 is 1.10 bits per heavy atom. The maximum Gasteiger partial charge on any atom is 0.257 e. The number of carbonyl (C=O) groups excluding carboxylic acids is 2. The minimum Gasteiger partial charge on any atom is -0.491 e. The lowest BCUT2D eigenvalue weighted by atomic mass is 10.0. The Hall–Kier alpha value is -2.87. The molecule has 0 aliphatic carbocycles. The minimum atomic E-state index is -0.0263. The van der Waals surface area contributed by atoms with Crippen LogP contribution in [0.4, 0.5) is 0 Å². The number of fused-ring (bicyclic) bond motifs is 1. The molecule has 1 fully saturated rings. The predicted octanol–water partition coefficient (Wildman–Crippen LogP) is 2.04. The van der Waals surface area contributed by atoms with E-state index in [1.54, 1.807) is 6.20 Å². The van der Waals surface area contributed by atoms with Crippen LogP contribution in [0.5, 0.6) is 5.75 Å². The highest BCUT2D eigenvalue weighted by atomic mass is 16.5. The van der Waals surface area contributed by atoms with Crippen LogP contribution in [0, 0.1) is 6.92 Å². The first-order chi connectivity index (χ1) is 15.1. The fourth-order valence-electron chi connectivity index (χ4n) is 4.14. The van der Waals surface area contributed by atoms with Crippen molar-refractivity contribution in [1.82, 2.24) is 19.6 Å². The molecular weight excluding hydrogens is 396 g/mol. The predicted molar refractivity (Wildman–Crippen MR) is 115 cm³/mol. The third kappa shape index (κ3) is 4.74. The molecule has 31 heavy (non-hydrogen) atoms. The number of hydrogen-bond acceptors (Lipinski definition) is 5. The summed E-state index contributed by atoms with van der Waals surface area (Å²) in [6, 6.07) is 6.03. The van der Waals surface area contributed by atoms with Crippen LogP contribution in [0.2, 0.25) is 0 Å². The Morgan fingerprint density at radius 2 is 1.87 bits per heavy atom. The van der Waals surface area contributed by atoms with Crippen molar-refractivity contribution in [3.8, 4) is 5.75 Å². The smallest absolute Gasteiger partial charge is 0.257 e. The van der Waals surface area contributed by atoms with Crippen molar-refractivity contribution in [2.45, 2.75) is 39.8 Å². The summed E-state index contributed by atoms with van der Waals surface area (Å²) in [5, 5.41) is 4.31.